The van der Waals surface area contributed by atoms with E-state index in [0.717, 1.165) is 24.5 Å². The Bertz CT molecular complexity index is 678. The summed E-state index contributed by atoms with van der Waals surface area (Å²) < 4.78 is 2.42. The first-order valence-corrected chi connectivity index (χ1v) is 9.32. The van der Waals surface area contributed by atoms with E-state index >= 15 is 0 Å². The number of hydrogen-bond acceptors (Lipinski definition) is 1. The zero-order valence-electron chi connectivity index (χ0n) is 14.7. The molecule has 0 saturated heterocycles. The second-order valence-corrected chi connectivity index (χ2v) is 7.25. The van der Waals surface area contributed by atoms with Gasteiger partial charge in [0.05, 0.1) is 0 Å². The topological polar surface area (TPSA) is 17.0 Å². The number of aryl methyl sites for hydroxylation is 2. The molecule has 1 aliphatic heterocycles. The molecular weight excluding hydrogens is 316 g/mol. The Labute approximate surface area is 150 Å². The van der Waals surface area contributed by atoms with Crippen LogP contribution in [0.25, 0.3) is 5.57 Å². The summed E-state index contributed by atoms with van der Waals surface area (Å²) >= 11 is 5.99. The molecule has 2 aromatic rings. The van der Waals surface area contributed by atoms with Crippen molar-refractivity contribution in [1.29, 1.82) is 0 Å². The number of hydrogen-bond donors (Lipinski definition) is 1. The van der Waals surface area contributed by atoms with Crippen molar-refractivity contribution in [3.05, 3.63) is 64.4 Å². The van der Waals surface area contributed by atoms with Crippen LogP contribution in [0.3, 0.4) is 0 Å². The van der Waals surface area contributed by atoms with Crippen LogP contribution in [0.15, 0.2) is 42.5 Å². The maximum absolute atomic E-state index is 5.99. The number of unbranched alkanes of at least 4 members (excludes halogenated alkanes) is 1. The summed E-state index contributed by atoms with van der Waals surface area (Å²) in [5.74, 6) is 0. The highest BCUT2D eigenvalue weighted by atomic mass is 35.5. The summed E-state index contributed by atoms with van der Waals surface area (Å²) in [4.78, 5) is 0. The Morgan fingerprint density at radius 1 is 1.04 bits per heavy atom. The molecule has 2 nitrogen and oxygen atoms in total. The highest BCUT2D eigenvalue weighted by Gasteiger charge is 2.15. The monoisotopic (exact) mass is 342 g/mol. The van der Waals surface area contributed by atoms with Gasteiger partial charge in [0.2, 0.25) is 0 Å². The summed E-state index contributed by atoms with van der Waals surface area (Å²) in [5.41, 5.74) is 5.50. The predicted octanol–water partition coefficient (Wildman–Crippen LogP) is 5.37. The number of aromatic nitrogens is 1. The van der Waals surface area contributed by atoms with E-state index in [2.05, 4.69) is 54.1 Å². The summed E-state index contributed by atoms with van der Waals surface area (Å²) in [5, 5.41) is 4.44. The second-order valence-electron chi connectivity index (χ2n) is 6.81. The Morgan fingerprint density at radius 3 is 2.46 bits per heavy atom. The molecule has 1 N–H and O–H groups in total. The Kier molecular flexibility index (Phi) is 5.80. The number of benzene rings is 1. The lowest BCUT2D eigenvalue weighted by atomic mass is 9.93. The van der Waals surface area contributed by atoms with Gasteiger partial charge in [0.25, 0.3) is 0 Å². The molecule has 2 heterocycles. The van der Waals surface area contributed by atoms with Crippen LogP contribution in [0.5, 0.6) is 0 Å². The summed E-state index contributed by atoms with van der Waals surface area (Å²) in [6.07, 6.45) is 7.18. The first-order chi connectivity index (χ1) is 11.6. The third kappa shape index (κ3) is 4.31. The molecule has 3 heteroatoms. The average molecular weight is 343 g/mol. The van der Waals surface area contributed by atoms with Gasteiger partial charge in [0.1, 0.15) is 0 Å². The van der Waals surface area contributed by atoms with Gasteiger partial charge in [-0.2, -0.15) is 0 Å². The standard InChI is InChI=1S/C21H27ClN2/c1-16-6-7-17(2)24(16)14-4-3-5-21-15-19(12-13-23-21)18-8-10-20(22)11-9-18/h6-12,21,23H,3-5,13-15H2,1-2H3. The predicted molar refractivity (Wildman–Crippen MR) is 104 cm³/mol. The normalized spacial score (nSPS) is 17.8. The summed E-state index contributed by atoms with van der Waals surface area (Å²) in [6.45, 7) is 6.49. The minimum Gasteiger partial charge on any atom is -0.349 e. The van der Waals surface area contributed by atoms with E-state index < -0.39 is 0 Å². The molecule has 1 aromatic heterocycles. The van der Waals surface area contributed by atoms with Crippen LogP contribution in [-0.2, 0) is 6.54 Å². The molecule has 1 aromatic carbocycles. The van der Waals surface area contributed by atoms with Gasteiger partial charge in [0, 0.05) is 35.5 Å². The van der Waals surface area contributed by atoms with Crippen LogP contribution in [-0.4, -0.2) is 17.2 Å². The van der Waals surface area contributed by atoms with E-state index in [-0.39, 0.29) is 0 Å². The van der Waals surface area contributed by atoms with E-state index in [9.17, 15) is 0 Å². The molecule has 0 radical (unpaired) electrons. The van der Waals surface area contributed by atoms with Crippen LogP contribution in [0.4, 0.5) is 0 Å². The highest BCUT2D eigenvalue weighted by molar-refractivity contribution is 6.30. The minimum atomic E-state index is 0.590. The van der Waals surface area contributed by atoms with Crippen molar-refractivity contribution in [3.63, 3.8) is 0 Å². The van der Waals surface area contributed by atoms with Crippen molar-refractivity contribution in [2.24, 2.45) is 0 Å². The van der Waals surface area contributed by atoms with Gasteiger partial charge in [-0.05, 0) is 68.5 Å². The molecule has 0 fully saturated rings. The second kappa shape index (κ2) is 8.04. The molecule has 0 saturated carbocycles. The number of nitrogens with zero attached hydrogens (tertiary/aromatic N) is 1. The number of rotatable bonds is 6. The van der Waals surface area contributed by atoms with Gasteiger partial charge in [-0.15, -0.1) is 0 Å². The fourth-order valence-corrected chi connectivity index (χ4v) is 3.71. The highest BCUT2D eigenvalue weighted by Crippen LogP contribution is 2.25. The minimum absolute atomic E-state index is 0.590. The van der Waals surface area contributed by atoms with Crippen LogP contribution in [0.1, 0.15) is 42.6 Å². The third-order valence-corrected chi connectivity index (χ3v) is 5.29. The van der Waals surface area contributed by atoms with Crippen molar-refractivity contribution < 1.29 is 0 Å². The summed E-state index contributed by atoms with van der Waals surface area (Å²) in [7, 11) is 0. The molecule has 3 rings (SSSR count). The Hall–Kier alpha value is -1.51. The molecule has 0 aliphatic carbocycles. The molecule has 24 heavy (non-hydrogen) atoms. The Morgan fingerprint density at radius 2 is 1.75 bits per heavy atom. The number of nitrogens with one attached hydrogen (secondary N) is 1. The van der Waals surface area contributed by atoms with E-state index in [1.54, 1.807) is 0 Å². The van der Waals surface area contributed by atoms with E-state index in [1.807, 2.05) is 12.1 Å². The molecule has 1 atom stereocenters. The first kappa shape index (κ1) is 17.3. The van der Waals surface area contributed by atoms with Crippen LogP contribution in [0, 0.1) is 13.8 Å². The average Bonchev–Trinajstić information content (AvgIpc) is 2.91. The van der Waals surface area contributed by atoms with E-state index in [1.165, 1.54) is 41.8 Å². The largest absolute Gasteiger partial charge is 0.349 e. The van der Waals surface area contributed by atoms with Gasteiger partial charge in [-0.3, -0.25) is 0 Å². The van der Waals surface area contributed by atoms with Crippen molar-refractivity contribution >= 4 is 17.2 Å². The van der Waals surface area contributed by atoms with Crippen LogP contribution < -0.4 is 5.32 Å². The lowest BCUT2D eigenvalue weighted by molar-refractivity contribution is 0.462. The van der Waals surface area contributed by atoms with Gasteiger partial charge in [-0.25, -0.2) is 0 Å². The van der Waals surface area contributed by atoms with Crippen molar-refractivity contribution in [2.45, 2.75) is 52.1 Å². The quantitative estimate of drug-likeness (QED) is 0.698. The molecule has 1 aliphatic rings. The lowest BCUT2D eigenvalue weighted by Crippen LogP contribution is -2.32. The first-order valence-electron chi connectivity index (χ1n) is 8.94. The third-order valence-electron chi connectivity index (χ3n) is 5.04. The van der Waals surface area contributed by atoms with E-state index in [4.69, 9.17) is 11.6 Å². The van der Waals surface area contributed by atoms with Crippen molar-refractivity contribution in [3.8, 4) is 0 Å². The fraction of sp³-hybridized carbons (Fsp3) is 0.429. The molecule has 0 bridgehead atoms. The van der Waals surface area contributed by atoms with Gasteiger partial charge in [0.15, 0.2) is 0 Å². The van der Waals surface area contributed by atoms with E-state index in [0.29, 0.717) is 6.04 Å². The smallest absolute Gasteiger partial charge is 0.0406 e. The molecule has 128 valence electrons. The van der Waals surface area contributed by atoms with Crippen molar-refractivity contribution in [2.75, 3.05) is 6.54 Å². The van der Waals surface area contributed by atoms with Gasteiger partial charge in [-0.1, -0.05) is 36.2 Å². The van der Waals surface area contributed by atoms with Crippen molar-refractivity contribution in [1.82, 2.24) is 9.88 Å². The zero-order valence-corrected chi connectivity index (χ0v) is 15.4. The van der Waals surface area contributed by atoms with Gasteiger partial charge < -0.3 is 9.88 Å². The maximum Gasteiger partial charge on any atom is 0.0406 e. The molecular formula is C21H27ClN2. The van der Waals surface area contributed by atoms with Crippen LogP contribution in [0.2, 0.25) is 5.02 Å². The number of halogens is 1. The summed E-state index contributed by atoms with van der Waals surface area (Å²) in [6, 6.07) is 13.2. The van der Waals surface area contributed by atoms with Gasteiger partial charge >= 0.3 is 0 Å². The zero-order chi connectivity index (χ0) is 16.9. The molecule has 0 amide bonds. The SMILES string of the molecule is Cc1ccc(C)n1CCCCC1CC(c2ccc(Cl)cc2)=CCN1. The molecule has 0 spiro atoms. The Balaban J connectivity index is 1.47. The fourth-order valence-electron chi connectivity index (χ4n) is 3.59. The van der Waals surface area contributed by atoms with Crippen LogP contribution >= 0.6 is 11.6 Å². The lowest BCUT2D eigenvalue weighted by Gasteiger charge is -2.25. The molecule has 1 unspecified atom stereocenters. The maximum atomic E-state index is 5.99.